The van der Waals surface area contributed by atoms with Crippen LogP contribution in [0.4, 0.5) is 11.4 Å². The normalized spacial score (nSPS) is 22.4. The van der Waals surface area contributed by atoms with Crippen LogP contribution in [0, 0.1) is 0 Å². The maximum absolute atomic E-state index is 11.9. The molecule has 1 aromatic carbocycles. The molecule has 2 amide bonds. The average molecular weight is 302 g/mol. The largest absolute Gasteiger partial charge is 0.369 e. The summed E-state index contributed by atoms with van der Waals surface area (Å²) in [5.74, 6) is -0.381. The topological polar surface area (TPSA) is 64.7 Å². The maximum Gasteiger partial charge on any atom is 0.249 e. The van der Waals surface area contributed by atoms with E-state index in [4.69, 9.17) is 0 Å². The number of piperidine rings is 1. The second kappa shape index (κ2) is 6.36. The van der Waals surface area contributed by atoms with Gasteiger partial charge in [0, 0.05) is 51.0 Å². The van der Waals surface area contributed by atoms with E-state index in [1.54, 1.807) is 0 Å². The lowest BCUT2D eigenvalue weighted by atomic mass is 10.0. The Labute approximate surface area is 130 Å². The number of carbonyl (C=O) groups is 2. The first kappa shape index (κ1) is 14.8. The molecule has 22 heavy (non-hydrogen) atoms. The molecule has 0 spiro atoms. The molecule has 118 valence electrons. The van der Waals surface area contributed by atoms with Gasteiger partial charge in [-0.1, -0.05) is 0 Å². The molecule has 0 bridgehead atoms. The minimum Gasteiger partial charge on any atom is -0.369 e. The molecule has 1 atom stereocenters. The highest BCUT2D eigenvalue weighted by molar-refractivity contribution is 6.01. The molecule has 1 unspecified atom stereocenters. The number of nitrogens with zero attached hydrogens (tertiary/aromatic N) is 2. The molecular weight excluding hydrogens is 280 g/mol. The van der Waals surface area contributed by atoms with Gasteiger partial charge in [-0.25, -0.2) is 0 Å². The van der Waals surface area contributed by atoms with Gasteiger partial charge in [0.1, 0.15) is 6.04 Å². The van der Waals surface area contributed by atoms with Crippen LogP contribution in [-0.2, 0) is 9.59 Å². The Morgan fingerprint density at radius 3 is 2.45 bits per heavy atom. The van der Waals surface area contributed by atoms with E-state index in [2.05, 4.69) is 27.7 Å². The Morgan fingerprint density at radius 2 is 1.82 bits per heavy atom. The monoisotopic (exact) mass is 302 g/mol. The molecule has 0 radical (unpaired) electrons. The molecule has 3 rings (SSSR count). The number of benzene rings is 1. The van der Waals surface area contributed by atoms with E-state index < -0.39 is 0 Å². The molecule has 2 heterocycles. The summed E-state index contributed by atoms with van der Waals surface area (Å²) < 4.78 is 0. The van der Waals surface area contributed by atoms with Gasteiger partial charge in [0.25, 0.3) is 0 Å². The molecule has 2 saturated heterocycles. The van der Waals surface area contributed by atoms with Gasteiger partial charge < -0.3 is 15.1 Å². The van der Waals surface area contributed by atoms with E-state index in [0.717, 1.165) is 31.9 Å². The molecule has 0 aromatic heterocycles. The summed E-state index contributed by atoms with van der Waals surface area (Å²) in [5.41, 5.74) is 2.20. The van der Waals surface area contributed by atoms with Crippen molar-refractivity contribution < 1.29 is 9.59 Å². The van der Waals surface area contributed by atoms with Crippen LogP contribution in [0.5, 0.6) is 0 Å². The number of piperazine rings is 1. The van der Waals surface area contributed by atoms with E-state index >= 15 is 0 Å². The van der Waals surface area contributed by atoms with Gasteiger partial charge in [-0.05, 0) is 30.7 Å². The first-order valence-electron chi connectivity index (χ1n) is 7.77. The van der Waals surface area contributed by atoms with Crippen molar-refractivity contribution in [1.82, 2.24) is 10.6 Å². The van der Waals surface area contributed by atoms with Crippen LogP contribution in [0.15, 0.2) is 24.3 Å². The van der Waals surface area contributed by atoms with Crippen LogP contribution in [0.2, 0.25) is 0 Å². The van der Waals surface area contributed by atoms with Crippen LogP contribution in [-0.4, -0.2) is 51.1 Å². The van der Waals surface area contributed by atoms with Crippen molar-refractivity contribution in [3.63, 3.8) is 0 Å². The Morgan fingerprint density at radius 1 is 1.14 bits per heavy atom. The summed E-state index contributed by atoms with van der Waals surface area (Å²) in [6.45, 7) is 4.06. The van der Waals surface area contributed by atoms with Crippen LogP contribution in [0.25, 0.3) is 0 Å². The van der Waals surface area contributed by atoms with Gasteiger partial charge >= 0.3 is 0 Å². The van der Waals surface area contributed by atoms with Crippen molar-refractivity contribution in [2.75, 3.05) is 43.0 Å². The number of imide groups is 1. The quantitative estimate of drug-likeness (QED) is 0.788. The molecule has 2 N–H and O–H groups in total. The standard InChI is InChI=1S/C16H22N4O2/c1-19(14-6-7-15(21)18-16(14)22)12-2-4-13(5-3-12)20-10-8-17-9-11-20/h2-5,14,17H,6-11H2,1H3,(H,18,21,22). The van der Waals surface area contributed by atoms with E-state index in [-0.39, 0.29) is 17.9 Å². The zero-order valence-corrected chi connectivity index (χ0v) is 12.8. The summed E-state index contributed by atoms with van der Waals surface area (Å²) >= 11 is 0. The van der Waals surface area contributed by atoms with Crippen molar-refractivity contribution in [2.45, 2.75) is 18.9 Å². The molecule has 2 aliphatic rings. The number of likely N-dealkylation sites (N-methyl/N-ethyl adjacent to an activating group) is 1. The van der Waals surface area contributed by atoms with E-state index in [9.17, 15) is 9.59 Å². The Bertz CT molecular complexity index is 552. The third kappa shape index (κ3) is 3.06. The van der Waals surface area contributed by atoms with Crippen LogP contribution < -0.4 is 20.4 Å². The molecule has 6 heteroatoms. The number of hydrogen-bond donors (Lipinski definition) is 2. The fraction of sp³-hybridized carbons (Fsp3) is 0.500. The smallest absolute Gasteiger partial charge is 0.249 e. The summed E-state index contributed by atoms with van der Waals surface area (Å²) in [6, 6.07) is 8.01. The van der Waals surface area contributed by atoms with E-state index in [1.165, 1.54) is 5.69 Å². The minimum absolute atomic E-state index is 0.177. The van der Waals surface area contributed by atoms with E-state index in [0.29, 0.717) is 12.8 Å². The third-order valence-corrected chi connectivity index (χ3v) is 4.42. The molecule has 2 aliphatic heterocycles. The van der Waals surface area contributed by atoms with Crippen LogP contribution in [0.3, 0.4) is 0 Å². The van der Waals surface area contributed by atoms with E-state index in [1.807, 2.05) is 24.1 Å². The molecular formula is C16H22N4O2. The fourth-order valence-electron chi connectivity index (χ4n) is 3.05. The van der Waals surface area contributed by atoms with Crippen molar-refractivity contribution in [3.8, 4) is 0 Å². The minimum atomic E-state index is -0.275. The predicted molar refractivity (Wildman–Crippen MR) is 86.1 cm³/mol. The van der Waals surface area contributed by atoms with Crippen molar-refractivity contribution in [1.29, 1.82) is 0 Å². The van der Waals surface area contributed by atoms with Gasteiger partial charge in [0.15, 0.2) is 0 Å². The number of carbonyl (C=O) groups excluding carboxylic acids is 2. The molecule has 1 aromatic rings. The number of rotatable bonds is 3. The lowest BCUT2D eigenvalue weighted by Crippen LogP contribution is -2.51. The lowest BCUT2D eigenvalue weighted by molar-refractivity contribution is -0.134. The van der Waals surface area contributed by atoms with Crippen LogP contribution in [0.1, 0.15) is 12.8 Å². The summed E-state index contributed by atoms with van der Waals surface area (Å²) in [6.07, 6.45) is 0.973. The summed E-state index contributed by atoms with van der Waals surface area (Å²) in [7, 11) is 1.90. The van der Waals surface area contributed by atoms with Crippen molar-refractivity contribution in [2.24, 2.45) is 0 Å². The highest BCUT2D eigenvalue weighted by Crippen LogP contribution is 2.23. The number of anilines is 2. The summed E-state index contributed by atoms with van der Waals surface area (Å²) in [5, 5.41) is 5.75. The van der Waals surface area contributed by atoms with Gasteiger partial charge in [0.2, 0.25) is 11.8 Å². The van der Waals surface area contributed by atoms with Gasteiger partial charge in [0.05, 0.1) is 0 Å². The first-order chi connectivity index (χ1) is 10.6. The third-order valence-electron chi connectivity index (χ3n) is 4.42. The highest BCUT2D eigenvalue weighted by Gasteiger charge is 2.29. The second-order valence-electron chi connectivity index (χ2n) is 5.83. The van der Waals surface area contributed by atoms with Crippen molar-refractivity contribution in [3.05, 3.63) is 24.3 Å². The summed E-state index contributed by atoms with van der Waals surface area (Å²) in [4.78, 5) is 27.5. The Balaban J connectivity index is 1.69. The van der Waals surface area contributed by atoms with Gasteiger partial charge in [-0.2, -0.15) is 0 Å². The van der Waals surface area contributed by atoms with Crippen molar-refractivity contribution >= 4 is 23.2 Å². The van der Waals surface area contributed by atoms with Gasteiger partial charge in [-0.3, -0.25) is 14.9 Å². The lowest BCUT2D eigenvalue weighted by Gasteiger charge is -2.32. The fourth-order valence-corrected chi connectivity index (χ4v) is 3.05. The first-order valence-corrected chi connectivity index (χ1v) is 7.77. The second-order valence-corrected chi connectivity index (χ2v) is 5.83. The Hall–Kier alpha value is -2.08. The van der Waals surface area contributed by atoms with Gasteiger partial charge in [-0.15, -0.1) is 0 Å². The zero-order chi connectivity index (χ0) is 15.5. The maximum atomic E-state index is 11.9. The SMILES string of the molecule is CN(c1ccc(N2CCNCC2)cc1)C1CCC(=O)NC1=O. The van der Waals surface area contributed by atoms with Crippen LogP contribution >= 0.6 is 0 Å². The number of amides is 2. The molecule has 0 aliphatic carbocycles. The zero-order valence-electron chi connectivity index (χ0n) is 12.8. The number of hydrogen-bond acceptors (Lipinski definition) is 5. The Kier molecular flexibility index (Phi) is 4.29. The average Bonchev–Trinajstić information content (AvgIpc) is 2.55. The molecule has 2 fully saturated rings. The molecule has 0 saturated carbocycles. The number of nitrogens with one attached hydrogen (secondary N) is 2. The highest BCUT2D eigenvalue weighted by atomic mass is 16.2. The predicted octanol–water partition coefficient (Wildman–Crippen LogP) is 0.338. The molecule has 6 nitrogen and oxygen atoms in total.